The van der Waals surface area contributed by atoms with E-state index in [4.69, 9.17) is 4.42 Å². The molecule has 3 rings (SSSR count). The number of aliphatic carboxylic acids is 1. The average Bonchev–Trinajstić information content (AvgIpc) is 3.01. The van der Waals surface area contributed by atoms with Crippen LogP contribution < -0.4 is 5.32 Å². The minimum Gasteiger partial charge on any atom is -0.479 e. The Bertz CT molecular complexity index is 957. The Morgan fingerprint density at radius 1 is 0.929 bits per heavy atom. The minimum atomic E-state index is -5.05. The third kappa shape index (κ3) is 4.05. The number of anilines is 1. The topological polar surface area (TPSA) is 62.5 Å². The normalized spacial score (nSPS) is 13.5. The van der Waals surface area contributed by atoms with Gasteiger partial charge in [0, 0.05) is 11.1 Å². The smallest absolute Gasteiger partial charge is 0.416 e. The number of para-hydroxylation sites is 1. The lowest BCUT2D eigenvalue weighted by Gasteiger charge is -2.18. The van der Waals surface area contributed by atoms with Crippen molar-refractivity contribution in [2.24, 2.45) is 0 Å². The molecule has 0 radical (unpaired) electrons. The van der Waals surface area contributed by atoms with Crippen LogP contribution in [0.3, 0.4) is 0 Å². The molecule has 3 aromatic rings. The molecule has 4 nitrogen and oxygen atoms in total. The number of rotatable bonds is 4. The number of fused-ring (bicyclic) bond motifs is 1. The summed E-state index contributed by atoms with van der Waals surface area (Å²) in [6, 6.07) is 6.88. The van der Waals surface area contributed by atoms with Gasteiger partial charge in [-0.1, -0.05) is 18.2 Å². The number of alkyl halides is 6. The molecule has 2 N–H and O–H groups in total. The van der Waals surface area contributed by atoms with E-state index in [9.17, 15) is 36.2 Å². The third-order valence-corrected chi connectivity index (χ3v) is 3.87. The summed E-state index contributed by atoms with van der Waals surface area (Å²) >= 11 is 0. The van der Waals surface area contributed by atoms with Crippen molar-refractivity contribution in [1.82, 2.24) is 0 Å². The maximum absolute atomic E-state index is 13.0. The molecule has 0 amide bonds. The van der Waals surface area contributed by atoms with Crippen LogP contribution in [0.25, 0.3) is 11.0 Å². The first-order valence-corrected chi connectivity index (χ1v) is 7.72. The first kappa shape index (κ1) is 19.6. The van der Waals surface area contributed by atoms with E-state index >= 15 is 0 Å². The zero-order valence-corrected chi connectivity index (χ0v) is 13.7. The molecule has 0 aliphatic carbocycles. The van der Waals surface area contributed by atoms with Gasteiger partial charge in [0.15, 0.2) is 6.04 Å². The van der Waals surface area contributed by atoms with Crippen molar-refractivity contribution < 1.29 is 40.7 Å². The second-order valence-electron chi connectivity index (χ2n) is 5.90. The Kier molecular flexibility index (Phi) is 4.74. The Morgan fingerprint density at radius 2 is 1.50 bits per heavy atom. The van der Waals surface area contributed by atoms with E-state index in [0.717, 1.165) is 0 Å². The quantitative estimate of drug-likeness (QED) is 0.548. The minimum absolute atomic E-state index is 0.0395. The summed E-state index contributed by atoms with van der Waals surface area (Å²) in [7, 11) is 0. The molecule has 10 heteroatoms. The van der Waals surface area contributed by atoms with Crippen molar-refractivity contribution in [3.8, 4) is 0 Å². The van der Waals surface area contributed by atoms with Gasteiger partial charge in [0.05, 0.1) is 11.1 Å². The predicted octanol–water partition coefficient (Wildman–Crippen LogP) is 5.71. The molecule has 1 atom stereocenters. The SMILES string of the molecule is O=C(O)C(Nc1cc(C(F)(F)F)cc(C(F)(F)F)c1)c1cc2ccccc2o1. The van der Waals surface area contributed by atoms with Crippen molar-refractivity contribution in [3.05, 3.63) is 65.4 Å². The molecular weight excluding hydrogens is 392 g/mol. The predicted molar refractivity (Wildman–Crippen MR) is 86.7 cm³/mol. The zero-order chi connectivity index (χ0) is 20.7. The van der Waals surface area contributed by atoms with Gasteiger partial charge in [0.1, 0.15) is 11.3 Å². The van der Waals surface area contributed by atoms with E-state index in [1.807, 2.05) is 0 Å². The van der Waals surface area contributed by atoms with Gasteiger partial charge in [-0.3, -0.25) is 0 Å². The summed E-state index contributed by atoms with van der Waals surface area (Å²) in [6.07, 6.45) is -10.1. The van der Waals surface area contributed by atoms with E-state index in [0.29, 0.717) is 23.1 Å². The fraction of sp³-hybridized carbons (Fsp3) is 0.167. The van der Waals surface area contributed by atoms with Crippen LogP contribution in [-0.4, -0.2) is 11.1 Å². The highest BCUT2D eigenvalue weighted by atomic mass is 19.4. The molecule has 0 aliphatic heterocycles. The van der Waals surface area contributed by atoms with Gasteiger partial charge in [0.25, 0.3) is 0 Å². The van der Waals surface area contributed by atoms with Crippen molar-refractivity contribution in [2.75, 3.05) is 5.32 Å². The highest BCUT2D eigenvalue weighted by Gasteiger charge is 2.37. The van der Waals surface area contributed by atoms with Crippen LogP contribution in [0.4, 0.5) is 32.0 Å². The van der Waals surface area contributed by atoms with E-state index < -0.39 is 41.2 Å². The second-order valence-corrected chi connectivity index (χ2v) is 5.90. The first-order chi connectivity index (χ1) is 12.9. The van der Waals surface area contributed by atoms with E-state index in [1.54, 1.807) is 24.3 Å². The van der Waals surface area contributed by atoms with Crippen LogP contribution in [0.15, 0.2) is 52.9 Å². The van der Waals surface area contributed by atoms with Crippen LogP contribution in [0.5, 0.6) is 0 Å². The highest BCUT2D eigenvalue weighted by molar-refractivity contribution is 5.83. The molecule has 0 aliphatic rings. The summed E-state index contributed by atoms with van der Waals surface area (Å²) in [5.74, 6) is -1.70. The van der Waals surface area contributed by atoms with E-state index in [-0.39, 0.29) is 11.8 Å². The molecule has 1 unspecified atom stereocenters. The first-order valence-electron chi connectivity index (χ1n) is 7.72. The fourth-order valence-electron chi connectivity index (χ4n) is 2.60. The van der Waals surface area contributed by atoms with Crippen LogP contribution in [-0.2, 0) is 17.1 Å². The lowest BCUT2D eigenvalue weighted by atomic mass is 10.1. The van der Waals surface area contributed by atoms with Crippen molar-refractivity contribution >= 4 is 22.6 Å². The molecular formula is C18H11F6NO3. The summed E-state index contributed by atoms with van der Waals surface area (Å²) < 4.78 is 83.2. The lowest BCUT2D eigenvalue weighted by molar-refractivity contribution is -0.143. The number of benzene rings is 2. The summed E-state index contributed by atoms with van der Waals surface area (Å²) in [6.45, 7) is 0. The number of carboxylic acids is 1. The van der Waals surface area contributed by atoms with Gasteiger partial charge in [-0.2, -0.15) is 26.3 Å². The largest absolute Gasteiger partial charge is 0.479 e. The molecule has 2 aromatic carbocycles. The molecule has 28 heavy (non-hydrogen) atoms. The van der Waals surface area contributed by atoms with Gasteiger partial charge < -0.3 is 14.8 Å². The maximum atomic E-state index is 13.0. The van der Waals surface area contributed by atoms with Gasteiger partial charge >= 0.3 is 18.3 Å². The molecule has 1 heterocycles. The van der Waals surface area contributed by atoms with E-state index in [1.165, 1.54) is 6.07 Å². The van der Waals surface area contributed by atoms with Crippen molar-refractivity contribution in [2.45, 2.75) is 18.4 Å². The van der Waals surface area contributed by atoms with Crippen LogP contribution in [0.1, 0.15) is 22.9 Å². The summed E-state index contributed by atoms with van der Waals surface area (Å²) in [5, 5.41) is 12.1. The second kappa shape index (κ2) is 6.77. The highest BCUT2D eigenvalue weighted by Crippen LogP contribution is 2.38. The van der Waals surface area contributed by atoms with Crippen molar-refractivity contribution in [1.29, 1.82) is 0 Å². The number of furan rings is 1. The number of carbonyl (C=O) groups is 1. The molecule has 148 valence electrons. The van der Waals surface area contributed by atoms with Gasteiger partial charge in [-0.05, 0) is 30.3 Å². The Labute approximate surface area is 153 Å². The van der Waals surface area contributed by atoms with Gasteiger partial charge in [-0.15, -0.1) is 0 Å². The van der Waals surface area contributed by atoms with Crippen molar-refractivity contribution in [3.63, 3.8) is 0 Å². The standard InChI is InChI=1S/C18H11F6NO3/c19-17(20,21)10-6-11(18(22,23)24)8-12(7-10)25-15(16(26)27)14-5-9-3-1-2-4-13(9)28-14/h1-8,15,25H,(H,26,27). The molecule has 0 saturated carbocycles. The zero-order valence-electron chi connectivity index (χ0n) is 13.7. The molecule has 0 bridgehead atoms. The number of carboxylic acid groups (broad SMARTS) is 1. The van der Waals surface area contributed by atoms with E-state index in [2.05, 4.69) is 5.32 Å². The van der Waals surface area contributed by atoms with Gasteiger partial charge in [0.2, 0.25) is 0 Å². The number of halogens is 6. The van der Waals surface area contributed by atoms with Crippen LogP contribution in [0, 0.1) is 0 Å². The molecule has 1 aromatic heterocycles. The summed E-state index contributed by atoms with van der Waals surface area (Å²) in [5.41, 5.74) is -3.45. The molecule has 0 fully saturated rings. The number of hydrogen-bond acceptors (Lipinski definition) is 3. The third-order valence-electron chi connectivity index (χ3n) is 3.87. The maximum Gasteiger partial charge on any atom is 0.416 e. The number of hydrogen-bond donors (Lipinski definition) is 2. The lowest BCUT2D eigenvalue weighted by Crippen LogP contribution is -2.21. The Morgan fingerprint density at radius 3 is 2.00 bits per heavy atom. The monoisotopic (exact) mass is 403 g/mol. The molecule has 0 spiro atoms. The Hall–Kier alpha value is -3.17. The average molecular weight is 403 g/mol. The Balaban J connectivity index is 2.04. The fourth-order valence-corrected chi connectivity index (χ4v) is 2.60. The number of nitrogens with one attached hydrogen (secondary N) is 1. The van der Waals surface area contributed by atoms with Crippen LogP contribution in [0.2, 0.25) is 0 Å². The van der Waals surface area contributed by atoms with Gasteiger partial charge in [-0.25, -0.2) is 4.79 Å². The summed E-state index contributed by atoms with van der Waals surface area (Å²) in [4.78, 5) is 11.6. The molecule has 0 saturated heterocycles. The van der Waals surface area contributed by atoms with Crippen LogP contribution >= 0.6 is 0 Å².